The summed E-state index contributed by atoms with van der Waals surface area (Å²) >= 11 is 5.99. The van der Waals surface area contributed by atoms with E-state index in [0.717, 1.165) is 5.56 Å². The molecule has 0 bridgehead atoms. The van der Waals surface area contributed by atoms with Crippen molar-refractivity contribution in [2.75, 3.05) is 5.32 Å². The van der Waals surface area contributed by atoms with Crippen LogP contribution in [0.5, 0.6) is 11.5 Å². The van der Waals surface area contributed by atoms with Gasteiger partial charge in [0.2, 0.25) is 11.7 Å². The molecule has 0 radical (unpaired) electrons. The van der Waals surface area contributed by atoms with Crippen molar-refractivity contribution in [3.8, 4) is 22.9 Å². The zero-order chi connectivity index (χ0) is 20.1. The Morgan fingerprint density at radius 1 is 1.00 bits per heavy atom. The summed E-state index contributed by atoms with van der Waals surface area (Å²) in [5.74, 6) is 1.31. The van der Waals surface area contributed by atoms with E-state index in [4.69, 9.17) is 16.3 Å². The maximum Gasteiger partial charge on any atom is 0.248 e. The maximum atomic E-state index is 12.5. The van der Waals surface area contributed by atoms with Gasteiger partial charge in [-0.1, -0.05) is 54.1 Å². The Hall–Kier alpha value is -3.71. The molecule has 0 fully saturated rings. The predicted molar refractivity (Wildman–Crippen MR) is 110 cm³/mol. The van der Waals surface area contributed by atoms with Crippen LogP contribution in [0.2, 0.25) is 5.02 Å². The average Bonchev–Trinajstić information content (AvgIpc) is 3.19. The molecule has 7 nitrogen and oxygen atoms in total. The van der Waals surface area contributed by atoms with Crippen LogP contribution in [0.3, 0.4) is 0 Å². The van der Waals surface area contributed by atoms with Gasteiger partial charge in [-0.25, -0.2) is 0 Å². The lowest BCUT2D eigenvalue weighted by molar-refractivity contribution is -0.117. The lowest BCUT2D eigenvalue weighted by Gasteiger charge is -2.11. The summed E-state index contributed by atoms with van der Waals surface area (Å²) in [7, 11) is 0. The minimum absolute atomic E-state index is 0.0900. The molecule has 0 aliphatic carbocycles. The van der Waals surface area contributed by atoms with Gasteiger partial charge in [-0.05, 0) is 41.6 Å². The van der Waals surface area contributed by atoms with Crippen molar-refractivity contribution in [2.45, 2.75) is 6.54 Å². The van der Waals surface area contributed by atoms with Crippen molar-refractivity contribution in [2.24, 2.45) is 0 Å². The molecule has 144 valence electrons. The van der Waals surface area contributed by atoms with Crippen LogP contribution in [0.4, 0.5) is 5.69 Å². The van der Waals surface area contributed by atoms with Gasteiger partial charge in [0, 0.05) is 10.6 Å². The van der Waals surface area contributed by atoms with Gasteiger partial charge in [0.25, 0.3) is 0 Å². The number of anilines is 1. The van der Waals surface area contributed by atoms with Gasteiger partial charge in [0.15, 0.2) is 5.75 Å². The van der Waals surface area contributed by atoms with E-state index >= 15 is 0 Å². The second kappa shape index (κ2) is 8.53. The fourth-order valence-electron chi connectivity index (χ4n) is 2.65. The number of amides is 1. The number of ether oxygens (including phenoxy) is 1. The van der Waals surface area contributed by atoms with E-state index in [1.54, 1.807) is 30.3 Å². The molecule has 1 amide bonds. The number of nitrogens with one attached hydrogen (secondary N) is 1. The molecular weight excluding hydrogens is 390 g/mol. The third-order valence-corrected chi connectivity index (χ3v) is 4.19. The smallest absolute Gasteiger partial charge is 0.248 e. The first kappa shape index (κ1) is 18.6. The number of aromatic nitrogens is 4. The normalized spacial score (nSPS) is 10.5. The van der Waals surface area contributed by atoms with E-state index in [2.05, 4.69) is 20.7 Å². The Morgan fingerprint density at radius 3 is 2.62 bits per heavy atom. The van der Waals surface area contributed by atoms with Crippen LogP contribution in [-0.4, -0.2) is 26.1 Å². The van der Waals surface area contributed by atoms with Gasteiger partial charge in [-0.3, -0.25) is 4.79 Å². The summed E-state index contributed by atoms with van der Waals surface area (Å²) < 4.78 is 5.86. The minimum Gasteiger partial charge on any atom is -0.455 e. The lowest BCUT2D eigenvalue weighted by Crippen LogP contribution is -2.20. The zero-order valence-electron chi connectivity index (χ0n) is 15.2. The summed E-state index contributed by atoms with van der Waals surface area (Å²) in [5.41, 5.74) is 1.28. The molecule has 1 aromatic heterocycles. The first-order valence-electron chi connectivity index (χ1n) is 8.83. The van der Waals surface area contributed by atoms with Gasteiger partial charge in [-0.2, -0.15) is 4.80 Å². The van der Waals surface area contributed by atoms with Gasteiger partial charge < -0.3 is 10.1 Å². The monoisotopic (exact) mass is 405 g/mol. The van der Waals surface area contributed by atoms with E-state index in [0.29, 0.717) is 28.0 Å². The molecule has 8 heteroatoms. The molecule has 1 heterocycles. The van der Waals surface area contributed by atoms with Crippen molar-refractivity contribution < 1.29 is 9.53 Å². The Kier molecular flexibility index (Phi) is 5.49. The van der Waals surface area contributed by atoms with Crippen molar-refractivity contribution in [3.63, 3.8) is 0 Å². The molecule has 0 aliphatic rings. The quantitative estimate of drug-likeness (QED) is 0.513. The largest absolute Gasteiger partial charge is 0.455 e. The fraction of sp³-hybridized carbons (Fsp3) is 0.0476. The molecule has 0 unspecified atom stereocenters. The number of carbonyl (C=O) groups is 1. The highest BCUT2D eigenvalue weighted by Gasteiger charge is 2.12. The second-order valence-electron chi connectivity index (χ2n) is 6.11. The molecule has 0 aliphatic heterocycles. The summed E-state index contributed by atoms with van der Waals surface area (Å²) in [4.78, 5) is 13.7. The number of halogens is 1. The second-order valence-corrected chi connectivity index (χ2v) is 6.55. The molecule has 4 rings (SSSR count). The predicted octanol–water partition coefficient (Wildman–Crippen LogP) is 4.42. The minimum atomic E-state index is -0.302. The van der Waals surface area contributed by atoms with Crippen LogP contribution < -0.4 is 10.1 Å². The number of para-hydroxylation sites is 3. The summed E-state index contributed by atoms with van der Waals surface area (Å²) in [6, 6.07) is 23.7. The molecule has 0 spiro atoms. The highest BCUT2D eigenvalue weighted by atomic mass is 35.5. The zero-order valence-corrected chi connectivity index (χ0v) is 16.0. The number of benzene rings is 3. The van der Waals surface area contributed by atoms with Gasteiger partial charge >= 0.3 is 0 Å². The van der Waals surface area contributed by atoms with E-state index < -0.39 is 0 Å². The Labute approximate surface area is 171 Å². The number of hydrogen-bond acceptors (Lipinski definition) is 5. The Bertz CT molecular complexity index is 1130. The molecule has 1 N–H and O–H groups in total. The SMILES string of the molecule is O=C(Cn1nnc(-c2cccc(Cl)c2)n1)Nc1ccccc1Oc1ccccc1. The number of nitrogens with zero attached hydrogens (tertiary/aromatic N) is 4. The third-order valence-electron chi connectivity index (χ3n) is 3.95. The van der Waals surface area contributed by atoms with E-state index in [9.17, 15) is 4.79 Å². The van der Waals surface area contributed by atoms with Crippen LogP contribution in [-0.2, 0) is 11.3 Å². The number of rotatable bonds is 6. The summed E-state index contributed by atoms with van der Waals surface area (Å²) in [6.45, 7) is -0.0900. The summed E-state index contributed by atoms with van der Waals surface area (Å²) in [5, 5.41) is 15.6. The van der Waals surface area contributed by atoms with Gasteiger partial charge in [0.05, 0.1) is 5.69 Å². The van der Waals surface area contributed by atoms with Crippen LogP contribution in [0.15, 0.2) is 78.9 Å². The van der Waals surface area contributed by atoms with Crippen molar-refractivity contribution in [1.82, 2.24) is 20.2 Å². The topological polar surface area (TPSA) is 81.9 Å². The Morgan fingerprint density at radius 2 is 1.79 bits per heavy atom. The standard InChI is InChI=1S/C21H16ClN5O2/c22-16-8-6-7-15(13-16)21-24-26-27(25-21)14-20(28)23-18-11-4-5-12-19(18)29-17-9-2-1-3-10-17/h1-13H,14H2,(H,23,28). The van der Waals surface area contributed by atoms with Crippen molar-refractivity contribution >= 4 is 23.2 Å². The highest BCUT2D eigenvalue weighted by molar-refractivity contribution is 6.30. The van der Waals surface area contributed by atoms with E-state index in [-0.39, 0.29) is 12.5 Å². The van der Waals surface area contributed by atoms with Gasteiger partial charge in [0.1, 0.15) is 12.3 Å². The van der Waals surface area contributed by atoms with Crippen LogP contribution in [0.1, 0.15) is 0 Å². The third kappa shape index (κ3) is 4.77. The number of carbonyl (C=O) groups excluding carboxylic acids is 1. The molecule has 29 heavy (non-hydrogen) atoms. The molecule has 0 saturated heterocycles. The van der Waals surface area contributed by atoms with Crippen molar-refractivity contribution in [3.05, 3.63) is 83.9 Å². The molecule has 0 saturated carbocycles. The van der Waals surface area contributed by atoms with E-state index in [1.165, 1.54) is 4.80 Å². The molecule has 0 atom stereocenters. The molecule has 3 aromatic carbocycles. The first-order chi connectivity index (χ1) is 14.2. The maximum absolute atomic E-state index is 12.5. The van der Waals surface area contributed by atoms with Crippen molar-refractivity contribution in [1.29, 1.82) is 0 Å². The lowest BCUT2D eigenvalue weighted by atomic mass is 10.2. The number of tetrazole rings is 1. The molecular formula is C21H16ClN5O2. The van der Waals surface area contributed by atoms with Crippen LogP contribution in [0, 0.1) is 0 Å². The Balaban J connectivity index is 1.44. The van der Waals surface area contributed by atoms with Gasteiger partial charge in [-0.15, -0.1) is 10.2 Å². The summed E-state index contributed by atoms with van der Waals surface area (Å²) in [6.07, 6.45) is 0. The van der Waals surface area contributed by atoms with E-state index in [1.807, 2.05) is 48.5 Å². The number of hydrogen-bond donors (Lipinski definition) is 1. The fourth-order valence-corrected chi connectivity index (χ4v) is 2.84. The van der Waals surface area contributed by atoms with Crippen LogP contribution in [0.25, 0.3) is 11.4 Å². The molecule has 4 aromatic rings. The van der Waals surface area contributed by atoms with Crippen LogP contribution >= 0.6 is 11.6 Å². The average molecular weight is 406 g/mol. The first-order valence-corrected chi connectivity index (χ1v) is 9.21. The highest BCUT2D eigenvalue weighted by Crippen LogP contribution is 2.29.